The third-order valence-corrected chi connectivity index (χ3v) is 3.66. The maximum absolute atomic E-state index is 12.1. The Labute approximate surface area is 120 Å². The third-order valence-electron chi connectivity index (χ3n) is 2.75. The molecule has 0 radical (unpaired) electrons. The Kier molecular flexibility index (Phi) is 4.37. The molecule has 0 aliphatic heterocycles. The lowest BCUT2D eigenvalue weighted by Crippen LogP contribution is -2.13. The van der Waals surface area contributed by atoms with Gasteiger partial charge in [0.1, 0.15) is 5.75 Å². The van der Waals surface area contributed by atoms with E-state index in [9.17, 15) is 4.79 Å². The topological polar surface area (TPSA) is 70.9 Å². The average molecular weight is 290 g/mol. The summed E-state index contributed by atoms with van der Waals surface area (Å²) in [6, 6.07) is 8.83. The summed E-state index contributed by atoms with van der Waals surface area (Å²) in [4.78, 5) is 12.7. The second kappa shape index (κ2) is 6.21. The Bertz CT molecular complexity index is 649. The molecule has 6 heteroatoms. The lowest BCUT2D eigenvalue weighted by Gasteiger charge is -2.09. The Balaban J connectivity index is 2.24. The molecule has 1 amide bonds. The molecule has 0 saturated carbocycles. The number of carbonyl (C=O) groups excluding carboxylic acids is 1. The van der Waals surface area contributed by atoms with Gasteiger partial charge in [0, 0.05) is 17.0 Å². The second-order valence-corrected chi connectivity index (χ2v) is 4.95. The highest BCUT2D eigenvalue weighted by Gasteiger charge is 2.13. The molecule has 104 valence electrons. The lowest BCUT2D eigenvalue weighted by molar-refractivity contribution is 0.103. The first-order valence-electron chi connectivity index (χ1n) is 5.87. The molecule has 5 nitrogen and oxygen atoms in total. The van der Waals surface area contributed by atoms with Gasteiger partial charge in [-0.05, 0) is 13.0 Å². The van der Waals surface area contributed by atoms with Gasteiger partial charge in [0.2, 0.25) is 0 Å². The van der Waals surface area contributed by atoms with Gasteiger partial charge < -0.3 is 15.3 Å². The number of nitrogens with zero attached hydrogens (tertiary/aromatic N) is 1. The molecule has 0 atom stereocenters. The molecule has 1 aromatic heterocycles. The number of hydrogen-bond donors (Lipinski definition) is 2. The highest BCUT2D eigenvalue weighted by atomic mass is 32.1. The van der Waals surface area contributed by atoms with Crippen LogP contribution in [-0.2, 0) is 0 Å². The van der Waals surface area contributed by atoms with Crippen LogP contribution in [0.2, 0.25) is 0 Å². The summed E-state index contributed by atoms with van der Waals surface area (Å²) in [5.41, 5.74) is 1.71. The van der Waals surface area contributed by atoms with Crippen molar-refractivity contribution in [3.05, 3.63) is 46.2 Å². The van der Waals surface area contributed by atoms with Gasteiger partial charge in [-0.3, -0.25) is 4.79 Å². The Morgan fingerprint density at radius 1 is 1.40 bits per heavy atom. The van der Waals surface area contributed by atoms with Crippen LogP contribution in [0.1, 0.15) is 22.2 Å². The zero-order chi connectivity index (χ0) is 14.5. The van der Waals surface area contributed by atoms with Crippen LogP contribution in [0, 0.1) is 0 Å². The molecule has 20 heavy (non-hydrogen) atoms. The van der Waals surface area contributed by atoms with Gasteiger partial charge in [-0.15, -0.1) is 11.3 Å². The van der Waals surface area contributed by atoms with Crippen molar-refractivity contribution in [3.63, 3.8) is 0 Å². The van der Waals surface area contributed by atoms with Crippen molar-refractivity contribution in [2.24, 2.45) is 5.16 Å². The van der Waals surface area contributed by atoms with E-state index in [4.69, 9.17) is 9.94 Å². The van der Waals surface area contributed by atoms with E-state index >= 15 is 0 Å². The van der Waals surface area contributed by atoms with Crippen molar-refractivity contribution in [3.8, 4) is 5.75 Å². The van der Waals surface area contributed by atoms with Crippen LogP contribution in [-0.4, -0.2) is 23.9 Å². The van der Waals surface area contributed by atoms with E-state index in [1.165, 1.54) is 11.3 Å². The number of para-hydroxylation sites is 1. The van der Waals surface area contributed by atoms with Crippen molar-refractivity contribution < 1.29 is 14.7 Å². The minimum Gasteiger partial charge on any atom is -0.496 e. The molecular formula is C14H14N2O3S. The molecule has 2 aromatic rings. The van der Waals surface area contributed by atoms with E-state index in [0.717, 1.165) is 0 Å². The fourth-order valence-electron chi connectivity index (χ4n) is 1.69. The zero-order valence-electron chi connectivity index (χ0n) is 11.1. The predicted molar refractivity (Wildman–Crippen MR) is 79.3 cm³/mol. The van der Waals surface area contributed by atoms with Gasteiger partial charge >= 0.3 is 0 Å². The lowest BCUT2D eigenvalue weighted by atomic mass is 10.1. The Morgan fingerprint density at radius 3 is 2.80 bits per heavy atom. The first-order chi connectivity index (χ1) is 9.65. The van der Waals surface area contributed by atoms with Gasteiger partial charge in [0.05, 0.1) is 23.4 Å². The average Bonchev–Trinajstić information content (AvgIpc) is 2.96. The molecule has 1 aromatic carbocycles. The number of carbonyl (C=O) groups is 1. The molecule has 0 unspecified atom stereocenters. The summed E-state index contributed by atoms with van der Waals surface area (Å²) < 4.78 is 5.05. The van der Waals surface area contributed by atoms with Crippen molar-refractivity contribution in [1.82, 2.24) is 0 Å². The highest BCUT2D eigenvalue weighted by Crippen LogP contribution is 2.23. The van der Waals surface area contributed by atoms with Crippen LogP contribution in [0.5, 0.6) is 5.75 Å². The summed E-state index contributed by atoms with van der Waals surface area (Å²) >= 11 is 1.30. The van der Waals surface area contributed by atoms with E-state index in [-0.39, 0.29) is 5.91 Å². The minimum absolute atomic E-state index is 0.225. The number of oxime groups is 1. The molecule has 2 N–H and O–H groups in total. The molecule has 0 aliphatic rings. The fraction of sp³-hybridized carbons (Fsp3) is 0.143. The predicted octanol–water partition coefficient (Wildman–Crippen LogP) is 3.21. The Hall–Kier alpha value is -2.34. The van der Waals surface area contributed by atoms with E-state index < -0.39 is 0 Å². The number of ether oxygens (including phenoxy) is 1. The first-order valence-corrected chi connectivity index (χ1v) is 6.75. The standard InChI is InChI=1S/C14H14N2O3S/c1-9(16-18)11-5-3-4-6-12(11)15-14(17)13-7-10(19-2)8-20-13/h3-8,18H,1-2H3,(H,15,17)/b16-9+. The molecule has 0 fully saturated rings. The summed E-state index contributed by atoms with van der Waals surface area (Å²) in [6.45, 7) is 1.67. The number of nitrogens with one attached hydrogen (secondary N) is 1. The maximum Gasteiger partial charge on any atom is 0.265 e. The van der Waals surface area contributed by atoms with Crippen molar-refractivity contribution in [2.75, 3.05) is 12.4 Å². The molecule has 0 aliphatic carbocycles. The van der Waals surface area contributed by atoms with Gasteiger partial charge in [-0.1, -0.05) is 23.4 Å². The summed E-state index contributed by atoms with van der Waals surface area (Å²) in [7, 11) is 1.56. The van der Waals surface area contributed by atoms with Gasteiger partial charge in [-0.2, -0.15) is 0 Å². The number of benzene rings is 1. The second-order valence-electron chi connectivity index (χ2n) is 4.04. The Morgan fingerprint density at radius 2 is 2.15 bits per heavy atom. The molecule has 0 saturated heterocycles. The van der Waals surface area contributed by atoms with Crippen LogP contribution in [0.15, 0.2) is 40.9 Å². The SMILES string of the molecule is COc1csc(C(=O)Nc2ccccc2/C(C)=N/O)c1. The number of rotatable bonds is 4. The van der Waals surface area contributed by atoms with E-state index in [0.29, 0.717) is 27.6 Å². The quantitative estimate of drug-likeness (QED) is 0.516. The number of hydrogen-bond acceptors (Lipinski definition) is 5. The van der Waals surface area contributed by atoms with Gasteiger partial charge in [0.25, 0.3) is 5.91 Å². The van der Waals surface area contributed by atoms with Crippen molar-refractivity contribution in [2.45, 2.75) is 6.92 Å². The number of anilines is 1. The summed E-state index contributed by atoms with van der Waals surface area (Å²) in [5, 5.41) is 16.6. The maximum atomic E-state index is 12.1. The normalized spacial score (nSPS) is 11.2. The van der Waals surface area contributed by atoms with Crippen LogP contribution in [0.4, 0.5) is 5.69 Å². The van der Waals surface area contributed by atoms with E-state index in [2.05, 4.69) is 10.5 Å². The molecule has 0 bridgehead atoms. The number of thiophene rings is 1. The van der Waals surface area contributed by atoms with Crippen LogP contribution in [0.25, 0.3) is 0 Å². The monoisotopic (exact) mass is 290 g/mol. The zero-order valence-corrected chi connectivity index (χ0v) is 11.9. The third kappa shape index (κ3) is 2.97. The van der Waals surface area contributed by atoms with Crippen LogP contribution < -0.4 is 10.1 Å². The summed E-state index contributed by atoms with van der Waals surface area (Å²) in [5.74, 6) is 0.429. The largest absolute Gasteiger partial charge is 0.496 e. The number of methoxy groups -OCH3 is 1. The van der Waals surface area contributed by atoms with E-state index in [1.54, 1.807) is 43.7 Å². The molecule has 0 spiro atoms. The molecular weight excluding hydrogens is 276 g/mol. The number of amides is 1. The smallest absolute Gasteiger partial charge is 0.265 e. The van der Waals surface area contributed by atoms with E-state index in [1.807, 2.05) is 6.07 Å². The van der Waals surface area contributed by atoms with Gasteiger partial charge in [0.15, 0.2) is 0 Å². The minimum atomic E-state index is -0.225. The van der Waals surface area contributed by atoms with Crippen molar-refractivity contribution >= 4 is 28.6 Å². The van der Waals surface area contributed by atoms with Gasteiger partial charge in [-0.25, -0.2) is 0 Å². The van der Waals surface area contributed by atoms with Crippen LogP contribution >= 0.6 is 11.3 Å². The molecule has 2 rings (SSSR count). The summed E-state index contributed by atoms with van der Waals surface area (Å²) in [6.07, 6.45) is 0. The van der Waals surface area contributed by atoms with Crippen LogP contribution in [0.3, 0.4) is 0 Å². The van der Waals surface area contributed by atoms with Crippen molar-refractivity contribution in [1.29, 1.82) is 0 Å². The first kappa shape index (κ1) is 14.1. The highest BCUT2D eigenvalue weighted by molar-refractivity contribution is 7.12. The fourth-order valence-corrected chi connectivity index (χ4v) is 2.44. The molecule has 1 heterocycles.